The highest BCUT2D eigenvalue weighted by Gasteiger charge is 2.21. The summed E-state index contributed by atoms with van der Waals surface area (Å²) >= 11 is 0. The maximum Gasteiger partial charge on any atom is 0.193 e. The minimum Gasteiger partial charge on any atom is -0.489 e. The zero-order valence-corrected chi connectivity index (χ0v) is 17.3. The summed E-state index contributed by atoms with van der Waals surface area (Å²) < 4.78 is 11.2. The maximum atomic E-state index is 6.05. The van der Waals surface area contributed by atoms with Gasteiger partial charge in [-0.3, -0.25) is 9.89 Å². The molecule has 2 aromatic rings. The van der Waals surface area contributed by atoms with Gasteiger partial charge in [-0.1, -0.05) is 23.4 Å². The Morgan fingerprint density at radius 3 is 2.64 bits per heavy atom. The van der Waals surface area contributed by atoms with Crippen LogP contribution in [0.5, 0.6) is 5.75 Å². The van der Waals surface area contributed by atoms with Crippen molar-refractivity contribution >= 4 is 5.96 Å². The molecule has 7 heteroatoms. The maximum absolute atomic E-state index is 6.05. The molecule has 1 aliphatic heterocycles. The smallest absolute Gasteiger partial charge is 0.193 e. The molecule has 1 saturated heterocycles. The lowest BCUT2D eigenvalue weighted by atomic mass is 10.2. The van der Waals surface area contributed by atoms with E-state index in [-0.39, 0.29) is 6.10 Å². The van der Waals surface area contributed by atoms with Crippen LogP contribution in [0.3, 0.4) is 0 Å². The Morgan fingerprint density at radius 2 is 2.00 bits per heavy atom. The summed E-state index contributed by atoms with van der Waals surface area (Å²) in [5.41, 5.74) is 2.15. The first kappa shape index (κ1) is 20.2. The van der Waals surface area contributed by atoms with E-state index in [2.05, 4.69) is 45.2 Å². The topological polar surface area (TPSA) is 66.1 Å². The number of piperazine rings is 1. The molecule has 1 aliphatic rings. The third kappa shape index (κ3) is 5.48. The second-order valence-corrected chi connectivity index (χ2v) is 7.31. The fourth-order valence-corrected chi connectivity index (χ4v) is 3.35. The Labute approximate surface area is 167 Å². The van der Waals surface area contributed by atoms with E-state index in [4.69, 9.17) is 9.26 Å². The van der Waals surface area contributed by atoms with Gasteiger partial charge in [0.25, 0.3) is 0 Å². The molecule has 1 atom stereocenters. The molecule has 28 heavy (non-hydrogen) atoms. The second kappa shape index (κ2) is 9.59. The SMILES string of the molecule is CN=C(NCC(C)Oc1ccccc1C)N1CCN(Cc2cc(C)on2)CC1. The van der Waals surface area contributed by atoms with Crippen LogP contribution in [-0.2, 0) is 6.54 Å². The van der Waals surface area contributed by atoms with Gasteiger partial charge in [0.15, 0.2) is 5.96 Å². The number of hydrogen-bond donors (Lipinski definition) is 1. The second-order valence-electron chi connectivity index (χ2n) is 7.31. The van der Waals surface area contributed by atoms with E-state index in [1.807, 2.05) is 38.2 Å². The molecule has 152 valence electrons. The van der Waals surface area contributed by atoms with Gasteiger partial charge in [-0.05, 0) is 32.4 Å². The number of para-hydroxylation sites is 1. The van der Waals surface area contributed by atoms with Crippen LogP contribution in [0.15, 0.2) is 39.8 Å². The van der Waals surface area contributed by atoms with Crippen molar-refractivity contribution < 1.29 is 9.26 Å². The fourth-order valence-electron chi connectivity index (χ4n) is 3.35. The van der Waals surface area contributed by atoms with E-state index in [0.29, 0.717) is 6.54 Å². The number of aryl methyl sites for hydroxylation is 2. The van der Waals surface area contributed by atoms with Gasteiger partial charge in [0.1, 0.15) is 17.6 Å². The average molecular weight is 386 g/mol. The highest BCUT2D eigenvalue weighted by molar-refractivity contribution is 5.80. The first-order valence-electron chi connectivity index (χ1n) is 9.87. The predicted octanol–water partition coefficient (Wildman–Crippen LogP) is 2.45. The lowest BCUT2D eigenvalue weighted by Crippen LogP contribution is -2.53. The van der Waals surface area contributed by atoms with Crippen molar-refractivity contribution in [1.82, 2.24) is 20.3 Å². The molecule has 0 saturated carbocycles. The largest absolute Gasteiger partial charge is 0.489 e. The lowest BCUT2D eigenvalue weighted by Gasteiger charge is -2.36. The lowest BCUT2D eigenvalue weighted by molar-refractivity contribution is 0.167. The quantitative estimate of drug-likeness (QED) is 0.609. The highest BCUT2D eigenvalue weighted by Crippen LogP contribution is 2.17. The van der Waals surface area contributed by atoms with E-state index >= 15 is 0 Å². The molecule has 1 fully saturated rings. The van der Waals surface area contributed by atoms with Crippen molar-refractivity contribution in [2.45, 2.75) is 33.4 Å². The summed E-state index contributed by atoms with van der Waals surface area (Å²) in [4.78, 5) is 9.14. The summed E-state index contributed by atoms with van der Waals surface area (Å²) in [5.74, 6) is 2.72. The van der Waals surface area contributed by atoms with Gasteiger partial charge in [-0.25, -0.2) is 0 Å². The molecule has 1 aromatic heterocycles. The molecular formula is C21H31N5O2. The molecule has 1 aromatic carbocycles. The number of rotatable bonds is 6. The fraction of sp³-hybridized carbons (Fsp3) is 0.524. The monoisotopic (exact) mass is 385 g/mol. The van der Waals surface area contributed by atoms with Crippen molar-refractivity contribution in [1.29, 1.82) is 0 Å². The molecular weight excluding hydrogens is 354 g/mol. The minimum atomic E-state index is 0.0505. The zero-order valence-electron chi connectivity index (χ0n) is 17.3. The summed E-state index contributed by atoms with van der Waals surface area (Å²) in [5, 5.41) is 7.54. The predicted molar refractivity (Wildman–Crippen MR) is 111 cm³/mol. The Bertz CT molecular complexity index is 781. The van der Waals surface area contributed by atoms with Gasteiger partial charge < -0.3 is 19.5 Å². The van der Waals surface area contributed by atoms with E-state index < -0.39 is 0 Å². The van der Waals surface area contributed by atoms with Crippen molar-refractivity contribution in [3.8, 4) is 5.75 Å². The molecule has 1 unspecified atom stereocenters. The van der Waals surface area contributed by atoms with Crippen LogP contribution in [0.1, 0.15) is 23.9 Å². The normalized spacial score (nSPS) is 16.9. The molecule has 2 heterocycles. The standard InChI is InChI=1S/C21H31N5O2/c1-16-7-5-6-8-20(16)27-18(3)14-23-21(22-4)26-11-9-25(10-12-26)15-19-13-17(2)28-24-19/h5-8,13,18H,9-12,14-15H2,1-4H3,(H,22,23). The number of guanidine groups is 1. The number of benzene rings is 1. The Kier molecular flexibility index (Phi) is 6.92. The van der Waals surface area contributed by atoms with Crippen LogP contribution in [0, 0.1) is 13.8 Å². The van der Waals surface area contributed by atoms with Crippen LogP contribution >= 0.6 is 0 Å². The van der Waals surface area contributed by atoms with E-state index in [1.54, 1.807) is 0 Å². The molecule has 7 nitrogen and oxygen atoms in total. The van der Waals surface area contributed by atoms with E-state index in [9.17, 15) is 0 Å². The first-order chi connectivity index (χ1) is 13.5. The van der Waals surface area contributed by atoms with Crippen LogP contribution < -0.4 is 10.1 Å². The van der Waals surface area contributed by atoms with Crippen LogP contribution in [0.4, 0.5) is 0 Å². The van der Waals surface area contributed by atoms with Crippen molar-refractivity contribution in [3.05, 3.63) is 47.3 Å². The van der Waals surface area contributed by atoms with Gasteiger partial charge in [0.05, 0.1) is 12.2 Å². The number of aliphatic imine (C=N–C) groups is 1. The van der Waals surface area contributed by atoms with Crippen LogP contribution in [0.2, 0.25) is 0 Å². The number of nitrogens with one attached hydrogen (secondary N) is 1. The van der Waals surface area contributed by atoms with Crippen molar-refractivity contribution in [2.75, 3.05) is 39.8 Å². The third-order valence-electron chi connectivity index (χ3n) is 4.92. The van der Waals surface area contributed by atoms with Gasteiger partial charge in [0, 0.05) is 45.8 Å². The van der Waals surface area contributed by atoms with Crippen molar-refractivity contribution in [3.63, 3.8) is 0 Å². The number of hydrogen-bond acceptors (Lipinski definition) is 5. The van der Waals surface area contributed by atoms with Gasteiger partial charge in [-0.2, -0.15) is 0 Å². The summed E-state index contributed by atoms with van der Waals surface area (Å²) in [6.45, 7) is 11.4. The third-order valence-corrected chi connectivity index (χ3v) is 4.92. The first-order valence-corrected chi connectivity index (χ1v) is 9.87. The molecule has 1 N–H and O–H groups in total. The van der Waals surface area contributed by atoms with Gasteiger partial charge >= 0.3 is 0 Å². The van der Waals surface area contributed by atoms with Gasteiger partial charge in [0.2, 0.25) is 0 Å². The number of nitrogens with zero attached hydrogens (tertiary/aromatic N) is 4. The Balaban J connectivity index is 1.43. The summed E-state index contributed by atoms with van der Waals surface area (Å²) in [7, 11) is 1.83. The highest BCUT2D eigenvalue weighted by atomic mass is 16.5. The van der Waals surface area contributed by atoms with Crippen LogP contribution in [0.25, 0.3) is 0 Å². The average Bonchev–Trinajstić information content (AvgIpc) is 3.10. The summed E-state index contributed by atoms with van der Waals surface area (Å²) in [6, 6.07) is 10.1. The minimum absolute atomic E-state index is 0.0505. The molecule has 0 amide bonds. The summed E-state index contributed by atoms with van der Waals surface area (Å²) in [6.07, 6.45) is 0.0505. The Morgan fingerprint density at radius 1 is 1.25 bits per heavy atom. The molecule has 0 radical (unpaired) electrons. The molecule has 3 rings (SSSR count). The number of ether oxygens (including phenoxy) is 1. The molecule has 0 bridgehead atoms. The Hall–Kier alpha value is -2.54. The van der Waals surface area contributed by atoms with E-state index in [0.717, 1.165) is 61.5 Å². The zero-order chi connectivity index (χ0) is 19.9. The van der Waals surface area contributed by atoms with E-state index in [1.165, 1.54) is 0 Å². The molecule has 0 aliphatic carbocycles. The van der Waals surface area contributed by atoms with Crippen LogP contribution in [-0.4, -0.2) is 66.8 Å². The van der Waals surface area contributed by atoms with Crippen molar-refractivity contribution in [2.24, 2.45) is 4.99 Å². The number of aromatic nitrogens is 1. The van der Waals surface area contributed by atoms with Gasteiger partial charge in [-0.15, -0.1) is 0 Å². The molecule has 0 spiro atoms.